The van der Waals surface area contributed by atoms with Crippen molar-refractivity contribution in [1.82, 2.24) is 5.32 Å². The van der Waals surface area contributed by atoms with Gasteiger partial charge in [-0.3, -0.25) is 4.79 Å². The Morgan fingerprint density at radius 1 is 1.30 bits per heavy atom. The summed E-state index contributed by atoms with van der Waals surface area (Å²) < 4.78 is 5.36. The van der Waals surface area contributed by atoms with Crippen LogP contribution in [-0.2, 0) is 9.53 Å². The van der Waals surface area contributed by atoms with E-state index in [9.17, 15) is 4.79 Å². The monoisotopic (exact) mass is 274 g/mol. The second-order valence-corrected chi connectivity index (χ2v) is 5.73. The first kappa shape index (κ1) is 13.4. The molecule has 1 fully saturated rings. The molecule has 1 heterocycles. The molecule has 4 heteroatoms. The Morgan fingerprint density at radius 2 is 2.15 bits per heavy atom. The molecule has 1 saturated carbocycles. The molecule has 3 unspecified atom stereocenters. The smallest absolute Gasteiger partial charge is 0.227 e. The number of hydrogen-bond acceptors (Lipinski definition) is 3. The van der Waals surface area contributed by atoms with Crippen LogP contribution in [0, 0.1) is 0 Å². The molecule has 1 aromatic rings. The van der Waals surface area contributed by atoms with Gasteiger partial charge in [0.05, 0.1) is 12.0 Å². The van der Waals surface area contributed by atoms with E-state index in [4.69, 9.17) is 4.74 Å². The van der Waals surface area contributed by atoms with Crippen molar-refractivity contribution < 1.29 is 9.53 Å². The van der Waals surface area contributed by atoms with E-state index in [1.807, 2.05) is 18.2 Å². The number of para-hydroxylation sites is 1. The van der Waals surface area contributed by atoms with Crippen molar-refractivity contribution in [1.29, 1.82) is 0 Å². The highest BCUT2D eigenvalue weighted by molar-refractivity contribution is 5.86. The lowest BCUT2D eigenvalue weighted by Crippen LogP contribution is -2.38. The first-order valence-corrected chi connectivity index (χ1v) is 7.44. The summed E-state index contributed by atoms with van der Waals surface area (Å²) in [6, 6.07) is 8.38. The van der Waals surface area contributed by atoms with Gasteiger partial charge in [0, 0.05) is 25.4 Å². The van der Waals surface area contributed by atoms with Crippen LogP contribution in [0.2, 0.25) is 0 Å². The number of methoxy groups -OCH3 is 1. The van der Waals surface area contributed by atoms with Crippen LogP contribution >= 0.6 is 0 Å². The van der Waals surface area contributed by atoms with Crippen LogP contribution in [0.25, 0.3) is 0 Å². The van der Waals surface area contributed by atoms with E-state index in [-0.39, 0.29) is 17.9 Å². The summed E-state index contributed by atoms with van der Waals surface area (Å²) >= 11 is 0. The third-order valence-electron chi connectivity index (χ3n) is 4.47. The van der Waals surface area contributed by atoms with Crippen molar-refractivity contribution in [2.24, 2.45) is 0 Å². The molecule has 0 aromatic heterocycles. The van der Waals surface area contributed by atoms with Crippen molar-refractivity contribution >= 4 is 11.6 Å². The van der Waals surface area contributed by atoms with Crippen LogP contribution in [0.1, 0.15) is 37.2 Å². The molecule has 4 nitrogen and oxygen atoms in total. The van der Waals surface area contributed by atoms with Crippen molar-refractivity contribution in [2.75, 3.05) is 19.0 Å². The summed E-state index contributed by atoms with van der Waals surface area (Å²) in [4.78, 5) is 12.5. The molecule has 0 radical (unpaired) electrons. The molecule has 1 aliphatic carbocycles. The fraction of sp³-hybridized carbons (Fsp3) is 0.562. The SMILES string of the molecule is COC1CCC(NC(=O)C2CCNc3ccccc32)C1. The lowest BCUT2D eigenvalue weighted by atomic mass is 9.90. The quantitative estimate of drug-likeness (QED) is 0.889. The number of rotatable bonds is 3. The lowest BCUT2D eigenvalue weighted by molar-refractivity contribution is -0.123. The van der Waals surface area contributed by atoms with Crippen LogP contribution in [0.15, 0.2) is 24.3 Å². The van der Waals surface area contributed by atoms with Gasteiger partial charge in [0.25, 0.3) is 0 Å². The number of ether oxygens (including phenoxy) is 1. The molecule has 20 heavy (non-hydrogen) atoms. The van der Waals surface area contributed by atoms with Crippen LogP contribution in [0.5, 0.6) is 0 Å². The summed E-state index contributed by atoms with van der Waals surface area (Å²) in [6.45, 7) is 0.862. The molecule has 1 aromatic carbocycles. The molecule has 0 spiro atoms. The van der Waals surface area contributed by atoms with E-state index in [2.05, 4.69) is 16.7 Å². The fourth-order valence-electron chi connectivity index (χ4n) is 3.33. The number of fused-ring (bicyclic) bond motifs is 1. The summed E-state index contributed by atoms with van der Waals surface area (Å²) in [5.41, 5.74) is 2.22. The molecule has 0 bridgehead atoms. The molecule has 108 valence electrons. The van der Waals surface area contributed by atoms with Gasteiger partial charge in [0.2, 0.25) is 5.91 Å². The minimum atomic E-state index is -0.0194. The predicted octanol–water partition coefficient (Wildman–Crippen LogP) is 2.27. The molecular weight excluding hydrogens is 252 g/mol. The Kier molecular flexibility index (Phi) is 3.92. The van der Waals surface area contributed by atoms with Crippen molar-refractivity contribution in [3.63, 3.8) is 0 Å². The van der Waals surface area contributed by atoms with E-state index in [1.165, 1.54) is 0 Å². The van der Waals surface area contributed by atoms with E-state index >= 15 is 0 Å². The summed E-state index contributed by atoms with van der Waals surface area (Å²) in [7, 11) is 1.75. The Morgan fingerprint density at radius 3 is 2.95 bits per heavy atom. The maximum absolute atomic E-state index is 12.5. The number of carbonyl (C=O) groups excluding carboxylic acids is 1. The topological polar surface area (TPSA) is 50.4 Å². The predicted molar refractivity (Wildman–Crippen MR) is 78.9 cm³/mol. The highest BCUT2D eigenvalue weighted by Crippen LogP contribution is 2.32. The van der Waals surface area contributed by atoms with Gasteiger partial charge in [0.1, 0.15) is 0 Å². The van der Waals surface area contributed by atoms with E-state index in [0.29, 0.717) is 6.10 Å². The normalized spacial score (nSPS) is 28.6. The van der Waals surface area contributed by atoms with Crippen molar-refractivity contribution in [3.05, 3.63) is 29.8 Å². The maximum Gasteiger partial charge on any atom is 0.227 e. The van der Waals surface area contributed by atoms with Gasteiger partial charge >= 0.3 is 0 Å². The Balaban J connectivity index is 1.67. The van der Waals surface area contributed by atoms with Gasteiger partial charge in [-0.2, -0.15) is 0 Å². The van der Waals surface area contributed by atoms with Crippen LogP contribution in [-0.4, -0.2) is 31.7 Å². The standard InChI is InChI=1S/C16H22N2O2/c1-20-12-7-6-11(10-12)18-16(19)14-8-9-17-15-5-3-2-4-13(14)15/h2-5,11-12,14,17H,6-10H2,1H3,(H,18,19). The Labute approximate surface area is 119 Å². The van der Waals surface area contributed by atoms with Crippen LogP contribution in [0.3, 0.4) is 0 Å². The number of benzene rings is 1. The second-order valence-electron chi connectivity index (χ2n) is 5.73. The number of amides is 1. The van der Waals surface area contributed by atoms with E-state index in [1.54, 1.807) is 7.11 Å². The lowest BCUT2D eigenvalue weighted by Gasteiger charge is -2.27. The number of hydrogen-bond donors (Lipinski definition) is 2. The zero-order valence-corrected chi connectivity index (χ0v) is 11.9. The second kappa shape index (κ2) is 5.83. The largest absolute Gasteiger partial charge is 0.385 e. The fourth-order valence-corrected chi connectivity index (χ4v) is 3.33. The first-order chi connectivity index (χ1) is 9.78. The molecule has 1 amide bonds. The average Bonchev–Trinajstić information content (AvgIpc) is 2.94. The molecule has 3 rings (SSSR count). The number of anilines is 1. The first-order valence-electron chi connectivity index (χ1n) is 7.44. The molecule has 0 saturated heterocycles. The van der Waals surface area contributed by atoms with Crippen molar-refractivity contribution in [3.8, 4) is 0 Å². The average molecular weight is 274 g/mol. The maximum atomic E-state index is 12.5. The Bertz CT molecular complexity index is 489. The minimum absolute atomic E-state index is 0.0194. The molecule has 3 atom stereocenters. The Hall–Kier alpha value is -1.55. The van der Waals surface area contributed by atoms with Crippen LogP contribution in [0.4, 0.5) is 5.69 Å². The summed E-state index contributed by atoms with van der Waals surface area (Å²) in [5.74, 6) is 0.148. The van der Waals surface area contributed by atoms with Crippen LogP contribution < -0.4 is 10.6 Å². The van der Waals surface area contributed by atoms with E-state index in [0.717, 1.165) is 43.5 Å². The molecular formula is C16H22N2O2. The molecule has 1 aliphatic heterocycles. The van der Waals surface area contributed by atoms with Gasteiger partial charge in [0.15, 0.2) is 0 Å². The zero-order valence-electron chi connectivity index (χ0n) is 11.9. The van der Waals surface area contributed by atoms with Gasteiger partial charge < -0.3 is 15.4 Å². The number of nitrogens with one attached hydrogen (secondary N) is 2. The minimum Gasteiger partial charge on any atom is -0.385 e. The third-order valence-corrected chi connectivity index (χ3v) is 4.47. The number of carbonyl (C=O) groups is 1. The molecule has 2 aliphatic rings. The van der Waals surface area contributed by atoms with Gasteiger partial charge in [-0.15, -0.1) is 0 Å². The highest BCUT2D eigenvalue weighted by Gasteiger charge is 2.30. The third kappa shape index (κ3) is 2.66. The van der Waals surface area contributed by atoms with E-state index < -0.39 is 0 Å². The summed E-state index contributed by atoms with van der Waals surface area (Å²) in [5, 5.41) is 6.56. The van der Waals surface area contributed by atoms with Crippen molar-refractivity contribution in [2.45, 2.75) is 43.7 Å². The van der Waals surface area contributed by atoms with Gasteiger partial charge in [-0.05, 0) is 37.3 Å². The van der Waals surface area contributed by atoms with Gasteiger partial charge in [-0.1, -0.05) is 18.2 Å². The van der Waals surface area contributed by atoms with Gasteiger partial charge in [-0.25, -0.2) is 0 Å². The zero-order chi connectivity index (χ0) is 13.9. The highest BCUT2D eigenvalue weighted by atomic mass is 16.5. The molecule has 2 N–H and O–H groups in total. The summed E-state index contributed by atoms with van der Waals surface area (Å²) in [6.07, 6.45) is 4.18.